The molecule has 0 unspecified atom stereocenters. The molecule has 0 fully saturated rings. The molecular weight excluding hydrogens is 294 g/mol. The first-order chi connectivity index (χ1) is 8.84. The molecule has 0 N–H and O–H groups in total. The minimum absolute atomic E-state index is 0.383. The zero-order chi connectivity index (χ0) is 12.4. The Morgan fingerprint density at radius 2 is 1.94 bits per heavy atom. The van der Waals surface area contributed by atoms with Crippen molar-refractivity contribution in [1.82, 2.24) is 14.6 Å². The Balaban J connectivity index is 1.87. The molecule has 0 radical (unpaired) electrons. The molecule has 0 aliphatic carbocycles. The van der Waals surface area contributed by atoms with Crippen LogP contribution < -0.4 is 4.74 Å². The van der Waals surface area contributed by atoms with Gasteiger partial charge in [0.05, 0.1) is 5.52 Å². The summed E-state index contributed by atoms with van der Waals surface area (Å²) < 4.78 is 8.22. The van der Waals surface area contributed by atoms with Gasteiger partial charge < -0.3 is 4.74 Å². The van der Waals surface area contributed by atoms with E-state index in [1.165, 1.54) is 0 Å². The maximum atomic E-state index is 5.67. The van der Waals surface area contributed by atoms with Crippen molar-refractivity contribution in [3.8, 4) is 5.75 Å². The summed E-state index contributed by atoms with van der Waals surface area (Å²) in [5.74, 6) is 1.59. The van der Waals surface area contributed by atoms with E-state index in [-0.39, 0.29) is 0 Å². The number of benzene rings is 1. The molecule has 0 atom stereocenters. The lowest BCUT2D eigenvalue weighted by atomic mass is 10.3. The molecule has 1 aromatic carbocycles. The third-order valence-corrected chi connectivity index (χ3v) is 3.13. The van der Waals surface area contributed by atoms with Gasteiger partial charge in [0.15, 0.2) is 5.82 Å². The highest BCUT2D eigenvalue weighted by Gasteiger charge is 2.09. The number of nitrogens with zero attached hydrogens (tertiary/aromatic N) is 3. The lowest BCUT2D eigenvalue weighted by Gasteiger charge is -2.04. The zero-order valence-corrected chi connectivity index (χ0v) is 11.0. The van der Waals surface area contributed by atoms with Crippen LogP contribution in [0.5, 0.6) is 5.75 Å². The SMILES string of the molecule is Brc1nc(COc2ccccc2)n2ncccc12. The lowest BCUT2D eigenvalue weighted by Crippen LogP contribution is -2.03. The van der Waals surface area contributed by atoms with E-state index in [1.807, 2.05) is 42.5 Å². The molecule has 0 saturated carbocycles. The van der Waals surface area contributed by atoms with Crippen LogP contribution in [-0.4, -0.2) is 14.6 Å². The monoisotopic (exact) mass is 303 g/mol. The van der Waals surface area contributed by atoms with Crippen molar-refractivity contribution in [3.63, 3.8) is 0 Å². The van der Waals surface area contributed by atoms with Gasteiger partial charge in [0.25, 0.3) is 0 Å². The number of halogens is 1. The van der Waals surface area contributed by atoms with Crippen LogP contribution >= 0.6 is 15.9 Å². The van der Waals surface area contributed by atoms with E-state index in [1.54, 1.807) is 10.7 Å². The van der Waals surface area contributed by atoms with Gasteiger partial charge in [-0.05, 0) is 40.2 Å². The molecule has 2 heterocycles. The summed E-state index contributed by atoms with van der Waals surface area (Å²) in [5, 5.41) is 4.26. The number of para-hydroxylation sites is 1. The summed E-state index contributed by atoms with van der Waals surface area (Å²) in [7, 11) is 0. The summed E-state index contributed by atoms with van der Waals surface area (Å²) >= 11 is 3.42. The Morgan fingerprint density at radius 3 is 2.78 bits per heavy atom. The quantitative estimate of drug-likeness (QED) is 0.746. The van der Waals surface area contributed by atoms with E-state index < -0.39 is 0 Å². The van der Waals surface area contributed by atoms with Crippen LogP contribution in [0.4, 0.5) is 0 Å². The second kappa shape index (κ2) is 4.78. The summed E-state index contributed by atoms with van der Waals surface area (Å²) in [4.78, 5) is 4.40. The number of fused-ring (bicyclic) bond motifs is 1. The van der Waals surface area contributed by atoms with Crippen molar-refractivity contribution in [1.29, 1.82) is 0 Å². The summed E-state index contributed by atoms with van der Waals surface area (Å²) in [6, 6.07) is 13.5. The highest BCUT2D eigenvalue weighted by molar-refractivity contribution is 9.10. The second-order valence-electron chi connectivity index (χ2n) is 3.74. The van der Waals surface area contributed by atoms with Gasteiger partial charge >= 0.3 is 0 Å². The fourth-order valence-corrected chi connectivity index (χ4v) is 2.21. The molecule has 4 nitrogen and oxygen atoms in total. The Labute approximate surface area is 112 Å². The molecule has 3 aromatic rings. The fourth-order valence-electron chi connectivity index (χ4n) is 1.71. The second-order valence-corrected chi connectivity index (χ2v) is 4.49. The third kappa shape index (κ3) is 2.09. The molecular formula is C13H10BrN3O. The molecule has 0 bridgehead atoms. The van der Waals surface area contributed by atoms with E-state index in [2.05, 4.69) is 26.0 Å². The molecule has 0 spiro atoms. The Kier molecular flexibility index (Phi) is 2.98. The predicted octanol–water partition coefficient (Wildman–Crippen LogP) is 3.07. The first-order valence-corrected chi connectivity index (χ1v) is 6.30. The minimum atomic E-state index is 0.383. The van der Waals surface area contributed by atoms with Crippen LogP contribution in [0.25, 0.3) is 5.52 Å². The van der Waals surface area contributed by atoms with Crippen LogP contribution in [0, 0.1) is 0 Å². The molecule has 2 aromatic heterocycles. The van der Waals surface area contributed by atoms with E-state index >= 15 is 0 Å². The average molecular weight is 304 g/mol. The highest BCUT2D eigenvalue weighted by atomic mass is 79.9. The molecule has 0 amide bonds. The van der Waals surface area contributed by atoms with Crippen LogP contribution in [0.2, 0.25) is 0 Å². The number of ether oxygens (including phenoxy) is 1. The van der Waals surface area contributed by atoms with Gasteiger partial charge in [0.1, 0.15) is 17.0 Å². The maximum Gasteiger partial charge on any atom is 0.169 e. The first kappa shape index (κ1) is 11.2. The van der Waals surface area contributed by atoms with Crippen molar-refractivity contribution in [2.24, 2.45) is 0 Å². The van der Waals surface area contributed by atoms with Crippen molar-refractivity contribution in [2.45, 2.75) is 6.61 Å². The number of rotatable bonds is 3. The van der Waals surface area contributed by atoms with E-state index in [0.29, 0.717) is 6.61 Å². The number of hydrogen-bond acceptors (Lipinski definition) is 3. The van der Waals surface area contributed by atoms with Crippen LogP contribution in [-0.2, 0) is 6.61 Å². The lowest BCUT2D eigenvalue weighted by molar-refractivity contribution is 0.293. The predicted molar refractivity (Wildman–Crippen MR) is 71.5 cm³/mol. The van der Waals surface area contributed by atoms with Crippen molar-refractivity contribution < 1.29 is 4.74 Å². The standard InChI is InChI=1S/C13H10BrN3O/c14-13-11-7-4-8-15-17(11)12(16-13)9-18-10-5-2-1-3-6-10/h1-8H,9H2. The molecule has 5 heteroatoms. The maximum absolute atomic E-state index is 5.67. The summed E-state index contributed by atoms with van der Waals surface area (Å²) in [6.07, 6.45) is 1.73. The Morgan fingerprint density at radius 1 is 1.11 bits per heavy atom. The van der Waals surface area contributed by atoms with Crippen LogP contribution in [0.15, 0.2) is 53.3 Å². The largest absolute Gasteiger partial charge is 0.486 e. The molecule has 90 valence electrons. The smallest absolute Gasteiger partial charge is 0.169 e. The number of imidazole rings is 1. The van der Waals surface area contributed by atoms with Crippen LogP contribution in [0.1, 0.15) is 5.82 Å². The van der Waals surface area contributed by atoms with Gasteiger partial charge in [-0.2, -0.15) is 5.10 Å². The van der Waals surface area contributed by atoms with Crippen LogP contribution in [0.3, 0.4) is 0 Å². The molecule has 0 aliphatic rings. The van der Waals surface area contributed by atoms with Crippen molar-refractivity contribution >= 4 is 21.4 Å². The van der Waals surface area contributed by atoms with Gasteiger partial charge in [0.2, 0.25) is 0 Å². The minimum Gasteiger partial charge on any atom is -0.486 e. The van der Waals surface area contributed by atoms with Crippen molar-refractivity contribution in [3.05, 3.63) is 59.1 Å². The first-order valence-electron chi connectivity index (χ1n) is 5.50. The normalized spacial score (nSPS) is 10.7. The van der Waals surface area contributed by atoms with Gasteiger partial charge in [-0.25, -0.2) is 9.50 Å². The molecule has 0 aliphatic heterocycles. The molecule has 18 heavy (non-hydrogen) atoms. The van der Waals surface area contributed by atoms with Gasteiger partial charge in [-0.1, -0.05) is 18.2 Å². The number of hydrogen-bond donors (Lipinski definition) is 0. The van der Waals surface area contributed by atoms with Gasteiger partial charge in [-0.3, -0.25) is 0 Å². The molecule has 3 rings (SSSR count). The Hall–Kier alpha value is -1.88. The van der Waals surface area contributed by atoms with Gasteiger partial charge in [-0.15, -0.1) is 0 Å². The summed E-state index contributed by atoms with van der Waals surface area (Å²) in [5.41, 5.74) is 0.934. The average Bonchev–Trinajstić information content (AvgIpc) is 2.75. The van der Waals surface area contributed by atoms with E-state index in [0.717, 1.165) is 21.7 Å². The summed E-state index contributed by atoms with van der Waals surface area (Å²) in [6.45, 7) is 0.383. The molecule has 0 saturated heterocycles. The number of aromatic nitrogens is 3. The van der Waals surface area contributed by atoms with Crippen molar-refractivity contribution in [2.75, 3.05) is 0 Å². The topological polar surface area (TPSA) is 39.4 Å². The van der Waals surface area contributed by atoms with E-state index in [9.17, 15) is 0 Å². The Bertz CT molecular complexity index is 666. The third-order valence-electron chi connectivity index (χ3n) is 2.54. The van der Waals surface area contributed by atoms with E-state index in [4.69, 9.17) is 4.74 Å². The highest BCUT2D eigenvalue weighted by Crippen LogP contribution is 2.18. The van der Waals surface area contributed by atoms with Gasteiger partial charge in [0, 0.05) is 6.20 Å². The fraction of sp³-hybridized carbons (Fsp3) is 0.0769. The zero-order valence-electron chi connectivity index (χ0n) is 9.45.